The van der Waals surface area contributed by atoms with Gasteiger partial charge in [0.2, 0.25) is 5.91 Å². The van der Waals surface area contributed by atoms with Crippen LogP contribution in [0.3, 0.4) is 0 Å². The molecule has 0 bridgehead atoms. The number of aliphatic hydroxyl groups excluding tert-OH is 1. The summed E-state index contributed by atoms with van der Waals surface area (Å²) in [6, 6.07) is 5.91. The number of hydrogen-bond donors (Lipinski definition) is 1. The molecule has 0 spiro atoms. The zero-order valence-corrected chi connectivity index (χ0v) is 11.9. The summed E-state index contributed by atoms with van der Waals surface area (Å²) in [6.45, 7) is 1.65. The molecule has 3 rings (SSSR count). The Morgan fingerprint density at radius 1 is 1.38 bits per heavy atom. The highest BCUT2D eigenvalue weighted by Gasteiger charge is 2.42. The van der Waals surface area contributed by atoms with Gasteiger partial charge in [0.25, 0.3) is 0 Å². The quantitative estimate of drug-likeness (QED) is 0.921. The van der Waals surface area contributed by atoms with Gasteiger partial charge in [0.15, 0.2) is 0 Å². The lowest BCUT2D eigenvalue weighted by Gasteiger charge is -2.18. The molecule has 1 aliphatic carbocycles. The predicted molar refractivity (Wildman–Crippen MR) is 75.3 cm³/mol. The Morgan fingerprint density at radius 3 is 3.00 bits per heavy atom. The van der Waals surface area contributed by atoms with E-state index in [1.807, 2.05) is 4.90 Å². The van der Waals surface area contributed by atoms with E-state index in [9.17, 15) is 14.3 Å². The number of hydrogen-bond acceptors (Lipinski definition) is 3. The SMILES string of the molecule is O=C(CCOc1cccc(F)c1)N1CC2CCC(O)C2C1. The lowest BCUT2D eigenvalue weighted by molar-refractivity contribution is -0.131. The van der Waals surface area contributed by atoms with E-state index >= 15 is 0 Å². The highest BCUT2D eigenvalue weighted by molar-refractivity contribution is 5.76. The van der Waals surface area contributed by atoms with Crippen molar-refractivity contribution in [3.63, 3.8) is 0 Å². The van der Waals surface area contributed by atoms with Crippen molar-refractivity contribution in [1.29, 1.82) is 0 Å². The van der Waals surface area contributed by atoms with Crippen molar-refractivity contribution < 1.29 is 19.0 Å². The fourth-order valence-electron chi connectivity index (χ4n) is 3.41. The first-order chi connectivity index (χ1) is 10.1. The summed E-state index contributed by atoms with van der Waals surface area (Å²) in [6.07, 6.45) is 1.90. The zero-order valence-electron chi connectivity index (χ0n) is 11.9. The standard InChI is InChI=1S/C16H20FNO3/c17-12-2-1-3-13(8-12)21-7-6-16(20)18-9-11-4-5-15(19)14(11)10-18/h1-3,8,11,14-15,19H,4-7,9-10H2. The van der Waals surface area contributed by atoms with E-state index in [2.05, 4.69) is 0 Å². The predicted octanol–water partition coefficient (Wildman–Crippen LogP) is 1.82. The number of amides is 1. The molecular formula is C16H20FNO3. The van der Waals surface area contributed by atoms with Crippen molar-refractivity contribution in [2.24, 2.45) is 11.8 Å². The van der Waals surface area contributed by atoms with Gasteiger partial charge in [-0.25, -0.2) is 4.39 Å². The summed E-state index contributed by atoms with van der Waals surface area (Å²) < 4.78 is 18.4. The highest BCUT2D eigenvalue weighted by Crippen LogP contribution is 2.38. The molecule has 1 aromatic carbocycles. The van der Waals surface area contributed by atoms with Gasteiger partial charge in [-0.15, -0.1) is 0 Å². The molecule has 2 fully saturated rings. The van der Waals surface area contributed by atoms with Crippen LogP contribution in [0.1, 0.15) is 19.3 Å². The summed E-state index contributed by atoms with van der Waals surface area (Å²) in [5, 5.41) is 9.85. The van der Waals surface area contributed by atoms with Crippen LogP contribution in [0.5, 0.6) is 5.75 Å². The minimum atomic E-state index is -0.347. The molecule has 4 nitrogen and oxygen atoms in total. The van der Waals surface area contributed by atoms with Gasteiger partial charge in [0.05, 0.1) is 19.1 Å². The number of ether oxygens (including phenoxy) is 1. The van der Waals surface area contributed by atoms with Gasteiger partial charge in [0, 0.05) is 25.1 Å². The third-order valence-electron chi connectivity index (χ3n) is 4.55. The second-order valence-corrected chi connectivity index (χ2v) is 5.92. The number of benzene rings is 1. The van der Waals surface area contributed by atoms with Crippen molar-refractivity contribution in [2.45, 2.75) is 25.4 Å². The molecule has 1 saturated heterocycles. The van der Waals surface area contributed by atoms with Crippen LogP contribution in [0.4, 0.5) is 4.39 Å². The molecule has 1 saturated carbocycles. The van der Waals surface area contributed by atoms with Crippen molar-refractivity contribution in [2.75, 3.05) is 19.7 Å². The summed E-state index contributed by atoms with van der Waals surface area (Å²) in [5.41, 5.74) is 0. The number of carbonyl (C=O) groups excluding carboxylic acids is 1. The molecule has 1 heterocycles. The van der Waals surface area contributed by atoms with Crippen LogP contribution in [0.25, 0.3) is 0 Å². The second-order valence-electron chi connectivity index (χ2n) is 5.92. The first-order valence-corrected chi connectivity index (χ1v) is 7.47. The second kappa shape index (κ2) is 6.02. The van der Waals surface area contributed by atoms with E-state index < -0.39 is 0 Å². The average molecular weight is 293 g/mol. The van der Waals surface area contributed by atoms with Crippen LogP contribution in [0.2, 0.25) is 0 Å². The molecule has 1 aliphatic heterocycles. The van der Waals surface area contributed by atoms with Gasteiger partial charge >= 0.3 is 0 Å². The minimum Gasteiger partial charge on any atom is -0.493 e. The maximum absolute atomic E-state index is 13.0. The number of carbonyl (C=O) groups is 1. The fourth-order valence-corrected chi connectivity index (χ4v) is 3.41. The normalized spacial score (nSPS) is 27.7. The summed E-state index contributed by atoms with van der Waals surface area (Å²) in [4.78, 5) is 14.0. The van der Waals surface area contributed by atoms with E-state index in [0.717, 1.165) is 19.4 Å². The Kier molecular flexibility index (Phi) is 4.10. The Labute approximate surface area is 123 Å². The van der Waals surface area contributed by atoms with Gasteiger partial charge in [-0.3, -0.25) is 4.79 Å². The van der Waals surface area contributed by atoms with E-state index in [4.69, 9.17) is 4.74 Å². The fraction of sp³-hybridized carbons (Fsp3) is 0.562. The van der Waals surface area contributed by atoms with E-state index in [0.29, 0.717) is 18.2 Å². The summed E-state index contributed by atoms with van der Waals surface area (Å²) in [7, 11) is 0. The number of likely N-dealkylation sites (tertiary alicyclic amines) is 1. The van der Waals surface area contributed by atoms with Gasteiger partial charge in [-0.2, -0.15) is 0 Å². The number of rotatable bonds is 4. The maximum Gasteiger partial charge on any atom is 0.226 e. The molecule has 1 N–H and O–H groups in total. The Morgan fingerprint density at radius 2 is 2.24 bits per heavy atom. The van der Waals surface area contributed by atoms with E-state index in [1.165, 1.54) is 12.1 Å². The minimum absolute atomic E-state index is 0.0491. The zero-order chi connectivity index (χ0) is 14.8. The van der Waals surface area contributed by atoms with Crippen molar-refractivity contribution in [3.05, 3.63) is 30.1 Å². The smallest absolute Gasteiger partial charge is 0.226 e. The van der Waals surface area contributed by atoms with Gasteiger partial charge < -0.3 is 14.7 Å². The van der Waals surface area contributed by atoms with Gasteiger partial charge in [0.1, 0.15) is 11.6 Å². The number of nitrogens with zero attached hydrogens (tertiary/aromatic N) is 1. The molecule has 1 aromatic rings. The molecule has 2 aliphatic rings. The number of halogens is 1. The lowest BCUT2D eigenvalue weighted by Crippen LogP contribution is -2.31. The van der Waals surface area contributed by atoms with Crippen LogP contribution < -0.4 is 4.74 Å². The largest absolute Gasteiger partial charge is 0.493 e. The maximum atomic E-state index is 13.0. The molecule has 0 radical (unpaired) electrons. The Hall–Kier alpha value is -1.62. The van der Waals surface area contributed by atoms with Gasteiger partial charge in [-0.05, 0) is 30.9 Å². The van der Waals surface area contributed by atoms with Crippen molar-refractivity contribution >= 4 is 5.91 Å². The van der Waals surface area contributed by atoms with E-state index in [1.54, 1.807) is 12.1 Å². The summed E-state index contributed by atoms with van der Waals surface area (Å²) >= 11 is 0. The Balaban J connectivity index is 1.45. The van der Waals surface area contributed by atoms with Crippen LogP contribution in [0, 0.1) is 17.7 Å². The monoisotopic (exact) mass is 293 g/mol. The van der Waals surface area contributed by atoms with Crippen molar-refractivity contribution in [3.8, 4) is 5.75 Å². The first kappa shape index (κ1) is 14.3. The lowest BCUT2D eigenvalue weighted by atomic mass is 10.00. The molecule has 0 aromatic heterocycles. The van der Waals surface area contributed by atoms with Crippen LogP contribution in [-0.4, -0.2) is 41.7 Å². The number of fused-ring (bicyclic) bond motifs is 1. The first-order valence-electron chi connectivity index (χ1n) is 7.47. The highest BCUT2D eigenvalue weighted by atomic mass is 19.1. The van der Waals surface area contributed by atoms with Crippen LogP contribution >= 0.6 is 0 Å². The van der Waals surface area contributed by atoms with Gasteiger partial charge in [-0.1, -0.05) is 6.07 Å². The van der Waals surface area contributed by atoms with Crippen LogP contribution in [-0.2, 0) is 4.79 Å². The third-order valence-corrected chi connectivity index (χ3v) is 4.55. The molecule has 1 amide bonds. The topological polar surface area (TPSA) is 49.8 Å². The molecule has 5 heteroatoms. The van der Waals surface area contributed by atoms with Crippen molar-refractivity contribution in [1.82, 2.24) is 4.90 Å². The van der Waals surface area contributed by atoms with Crippen LogP contribution in [0.15, 0.2) is 24.3 Å². The number of aliphatic hydroxyl groups is 1. The summed E-state index contributed by atoms with van der Waals surface area (Å²) in [5.74, 6) is 0.843. The van der Waals surface area contributed by atoms with E-state index in [-0.39, 0.29) is 36.8 Å². The molecule has 114 valence electrons. The molecule has 3 unspecified atom stereocenters. The molecule has 21 heavy (non-hydrogen) atoms. The Bertz CT molecular complexity index is 522. The molecule has 3 atom stereocenters. The average Bonchev–Trinajstić information content (AvgIpc) is 3.02. The third kappa shape index (κ3) is 3.18. The molecular weight excluding hydrogens is 273 g/mol.